The largest absolute Gasteiger partial charge is 0.313 e. The van der Waals surface area contributed by atoms with Crippen molar-refractivity contribution in [2.24, 2.45) is 0 Å². The molecule has 2 rings (SSSR count). The Balaban J connectivity index is 2.21. The van der Waals surface area contributed by atoms with E-state index in [-0.39, 0.29) is 11.9 Å². The molecule has 0 amide bonds. The maximum absolute atomic E-state index is 14.0. The number of nitrogens with one attached hydrogen (secondary N) is 1. The Bertz CT molecular complexity index is 571. The third-order valence-electron chi connectivity index (χ3n) is 3.84. The van der Waals surface area contributed by atoms with Crippen molar-refractivity contribution in [3.05, 3.63) is 69.9 Å². The number of halogens is 2. The van der Waals surface area contributed by atoms with Gasteiger partial charge in [0.15, 0.2) is 0 Å². The summed E-state index contributed by atoms with van der Waals surface area (Å²) in [5.74, 6) is 0.186. The second kappa shape index (κ2) is 7.71. The minimum Gasteiger partial charge on any atom is -0.313 e. The fourth-order valence-corrected chi connectivity index (χ4v) is 3.02. The number of likely N-dealkylation sites (N-methyl/N-ethyl adjacent to an activating group) is 1. The summed E-state index contributed by atoms with van der Waals surface area (Å²) in [6.45, 7) is 5.15. The second-order valence-corrected chi connectivity index (χ2v) is 6.22. The molecule has 112 valence electrons. The molecule has 2 unspecified atom stereocenters. The minimum atomic E-state index is -0.138. The summed E-state index contributed by atoms with van der Waals surface area (Å²) < 4.78 is 14.9. The van der Waals surface area contributed by atoms with E-state index in [1.807, 2.05) is 12.1 Å². The van der Waals surface area contributed by atoms with Crippen LogP contribution < -0.4 is 5.32 Å². The first-order chi connectivity index (χ1) is 10.1. The summed E-state index contributed by atoms with van der Waals surface area (Å²) in [6.07, 6.45) is 0.676. The Morgan fingerprint density at radius 2 is 1.86 bits per heavy atom. The Labute approximate surface area is 134 Å². The second-order valence-electron chi connectivity index (χ2n) is 5.30. The van der Waals surface area contributed by atoms with E-state index in [0.29, 0.717) is 12.3 Å². The number of hydrogen-bond acceptors (Lipinski definition) is 1. The van der Waals surface area contributed by atoms with E-state index < -0.39 is 0 Å². The van der Waals surface area contributed by atoms with Gasteiger partial charge in [0.2, 0.25) is 0 Å². The predicted octanol–water partition coefficient (Wildman–Crippen LogP) is 4.91. The lowest BCUT2D eigenvalue weighted by molar-refractivity contribution is 0.449. The fourth-order valence-electron chi connectivity index (χ4n) is 2.61. The van der Waals surface area contributed by atoms with Crippen LogP contribution in [0.5, 0.6) is 0 Å². The van der Waals surface area contributed by atoms with Gasteiger partial charge in [-0.2, -0.15) is 0 Å². The normalized spacial score (nSPS) is 13.9. The monoisotopic (exact) mass is 349 g/mol. The van der Waals surface area contributed by atoms with Gasteiger partial charge in [0.05, 0.1) is 0 Å². The molecule has 1 nitrogen and oxygen atoms in total. The Morgan fingerprint density at radius 3 is 2.52 bits per heavy atom. The summed E-state index contributed by atoms with van der Waals surface area (Å²) >= 11 is 3.42. The minimum absolute atomic E-state index is 0.138. The molecule has 0 aliphatic rings. The van der Waals surface area contributed by atoms with Gasteiger partial charge in [0.25, 0.3) is 0 Å². The van der Waals surface area contributed by atoms with E-state index in [1.165, 1.54) is 11.6 Å². The van der Waals surface area contributed by atoms with E-state index in [4.69, 9.17) is 0 Å². The Morgan fingerprint density at radius 1 is 1.14 bits per heavy atom. The van der Waals surface area contributed by atoms with Gasteiger partial charge in [-0.15, -0.1) is 0 Å². The van der Waals surface area contributed by atoms with Gasteiger partial charge >= 0.3 is 0 Å². The van der Waals surface area contributed by atoms with Crippen molar-refractivity contribution in [1.29, 1.82) is 0 Å². The molecular formula is C18H21BrFN. The summed E-state index contributed by atoms with van der Waals surface area (Å²) in [5, 5.41) is 3.49. The highest BCUT2D eigenvalue weighted by molar-refractivity contribution is 9.10. The van der Waals surface area contributed by atoms with Crippen molar-refractivity contribution < 1.29 is 4.39 Å². The van der Waals surface area contributed by atoms with E-state index in [2.05, 4.69) is 59.4 Å². The van der Waals surface area contributed by atoms with Crippen molar-refractivity contribution in [3.63, 3.8) is 0 Å². The first kappa shape index (κ1) is 16.2. The molecule has 0 saturated carbocycles. The summed E-state index contributed by atoms with van der Waals surface area (Å²) in [4.78, 5) is 0. The zero-order valence-corrected chi connectivity index (χ0v) is 14.0. The topological polar surface area (TPSA) is 12.0 Å². The van der Waals surface area contributed by atoms with Crippen LogP contribution in [0.25, 0.3) is 0 Å². The molecule has 3 heteroatoms. The van der Waals surface area contributed by atoms with Crippen LogP contribution >= 0.6 is 15.9 Å². The highest BCUT2D eigenvalue weighted by Gasteiger charge is 2.20. The summed E-state index contributed by atoms with van der Waals surface area (Å²) in [7, 11) is 0. The van der Waals surface area contributed by atoms with Gasteiger partial charge in [-0.3, -0.25) is 0 Å². The summed E-state index contributed by atoms with van der Waals surface area (Å²) in [5.41, 5.74) is 2.02. The van der Waals surface area contributed by atoms with Crippen molar-refractivity contribution in [3.8, 4) is 0 Å². The number of hydrogen-bond donors (Lipinski definition) is 1. The highest BCUT2D eigenvalue weighted by Crippen LogP contribution is 2.24. The first-order valence-corrected chi connectivity index (χ1v) is 8.13. The maximum atomic E-state index is 14.0. The molecule has 0 aliphatic carbocycles. The van der Waals surface area contributed by atoms with Gasteiger partial charge in [-0.1, -0.05) is 60.1 Å². The molecule has 2 aromatic rings. The van der Waals surface area contributed by atoms with Gasteiger partial charge in [0, 0.05) is 10.5 Å². The lowest BCUT2D eigenvalue weighted by atomic mass is 9.89. The van der Waals surface area contributed by atoms with E-state index in [1.54, 1.807) is 6.07 Å². The van der Waals surface area contributed by atoms with Crippen molar-refractivity contribution in [2.45, 2.75) is 32.2 Å². The average molecular weight is 350 g/mol. The molecular weight excluding hydrogens is 329 g/mol. The predicted molar refractivity (Wildman–Crippen MR) is 90.1 cm³/mol. The van der Waals surface area contributed by atoms with Gasteiger partial charge in [0.1, 0.15) is 5.82 Å². The molecule has 21 heavy (non-hydrogen) atoms. The molecule has 0 spiro atoms. The third-order valence-corrected chi connectivity index (χ3v) is 4.34. The van der Waals surface area contributed by atoms with Crippen LogP contribution in [0.4, 0.5) is 4.39 Å². The molecule has 2 atom stereocenters. The van der Waals surface area contributed by atoms with E-state index in [9.17, 15) is 4.39 Å². The molecule has 0 aromatic heterocycles. The van der Waals surface area contributed by atoms with Gasteiger partial charge < -0.3 is 5.32 Å². The lowest BCUT2D eigenvalue weighted by Gasteiger charge is -2.25. The molecule has 0 aliphatic heterocycles. The molecule has 0 saturated heterocycles. The van der Waals surface area contributed by atoms with E-state index in [0.717, 1.165) is 16.6 Å². The van der Waals surface area contributed by atoms with Crippen LogP contribution in [0.1, 0.15) is 30.9 Å². The van der Waals surface area contributed by atoms with Crippen molar-refractivity contribution in [1.82, 2.24) is 5.32 Å². The van der Waals surface area contributed by atoms with Crippen LogP contribution in [0.3, 0.4) is 0 Å². The third kappa shape index (κ3) is 4.39. The standard InChI is InChI=1S/C18H21BrFN/c1-3-21-18(13(2)14-7-5-4-6-8-14)12-15-11-16(19)9-10-17(15)20/h4-11,13,18,21H,3,12H2,1-2H3. The molecule has 0 radical (unpaired) electrons. The number of rotatable bonds is 6. The van der Waals surface area contributed by atoms with E-state index >= 15 is 0 Å². The molecule has 0 fully saturated rings. The van der Waals surface area contributed by atoms with Crippen LogP contribution in [0, 0.1) is 5.82 Å². The lowest BCUT2D eigenvalue weighted by Crippen LogP contribution is -2.36. The average Bonchev–Trinajstić information content (AvgIpc) is 2.50. The van der Waals surface area contributed by atoms with Crippen molar-refractivity contribution >= 4 is 15.9 Å². The molecule has 0 bridgehead atoms. The zero-order valence-electron chi connectivity index (χ0n) is 12.4. The molecule has 0 heterocycles. The van der Waals surface area contributed by atoms with Gasteiger partial charge in [-0.05, 0) is 48.2 Å². The van der Waals surface area contributed by atoms with Crippen LogP contribution in [0.15, 0.2) is 53.0 Å². The van der Waals surface area contributed by atoms with Crippen LogP contribution in [-0.2, 0) is 6.42 Å². The number of benzene rings is 2. The maximum Gasteiger partial charge on any atom is 0.126 e. The first-order valence-electron chi connectivity index (χ1n) is 7.34. The highest BCUT2D eigenvalue weighted by atomic mass is 79.9. The quantitative estimate of drug-likeness (QED) is 0.780. The van der Waals surface area contributed by atoms with Crippen LogP contribution in [0.2, 0.25) is 0 Å². The Hall–Kier alpha value is -1.19. The molecule has 1 N–H and O–H groups in total. The SMILES string of the molecule is CCNC(Cc1cc(Br)ccc1F)C(C)c1ccccc1. The summed E-state index contributed by atoms with van der Waals surface area (Å²) in [6, 6.07) is 15.7. The molecule has 2 aromatic carbocycles. The Kier molecular flexibility index (Phi) is 5.95. The smallest absolute Gasteiger partial charge is 0.126 e. The zero-order chi connectivity index (χ0) is 15.2. The van der Waals surface area contributed by atoms with Crippen molar-refractivity contribution in [2.75, 3.05) is 6.54 Å². The fraction of sp³-hybridized carbons (Fsp3) is 0.333. The van der Waals surface area contributed by atoms with Crippen LogP contribution in [-0.4, -0.2) is 12.6 Å². The van der Waals surface area contributed by atoms with Gasteiger partial charge in [-0.25, -0.2) is 4.39 Å².